The van der Waals surface area contributed by atoms with Crippen LogP contribution in [0.5, 0.6) is 5.75 Å². The van der Waals surface area contributed by atoms with E-state index < -0.39 is 5.97 Å². The number of nitrogens with zero attached hydrogens (tertiary/aromatic N) is 1. The van der Waals surface area contributed by atoms with Gasteiger partial charge in [-0.15, -0.1) is 0 Å². The summed E-state index contributed by atoms with van der Waals surface area (Å²) in [6.07, 6.45) is 0. The molecule has 0 saturated carbocycles. The van der Waals surface area contributed by atoms with Crippen molar-refractivity contribution in [1.82, 2.24) is 4.90 Å². The molecule has 0 heterocycles. The summed E-state index contributed by atoms with van der Waals surface area (Å²) in [6.45, 7) is 9.74. The molecule has 0 unspecified atom stereocenters. The minimum Gasteiger partial charge on any atom is -0.492 e. The highest BCUT2D eigenvalue weighted by Gasteiger charge is 2.12. The molecule has 0 aliphatic heterocycles. The molecule has 5 heteroatoms. The number of carbonyl (C=O) groups excluding carboxylic acids is 1. The summed E-state index contributed by atoms with van der Waals surface area (Å²) in [5.74, 6) is 0.216. The molecule has 0 atom stereocenters. The van der Waals surface area contributed by atoms with Gasteiger partial charge in [-0.1, -0.05) is 13.8 Å². The van der Waals surface area contributed by atoms with Crippen molar-refractivity contribution in [3.05, 3.63) is 23.8 Å². The molecule has 20 heavy (non-hydrogen) atoms. The minimum absolute atomic E-state index is 0.325. The van der Waals surface area contributed by atoms with Gasteiger partial charge >= 0.3 is 5.97 Å². The van der Waals surface area contributed by atoms with Crippen LogP contribution < -0.4 is 10.5 Å². The molecule has 5 nitrogen and oxygen atoms in total. The summed E-state index contributed by atoms with van der Waals surface area (Å²) in [6, 6.07) is 5.06. The Bertz CT molecular complexity index is 431. The Balaban J connectivity index is 2.63. The number of rotatable bonds is 8. The molecule has 0 radical (unpaired) electrons. The number of likely N-dealkylation sites (N-methyl/N-ethyl adjacent to an activating group) is 1. The second-order valence-corrected chi connectivity index (χ2v) is 4.34. The first-order valence-corrected chi connectivity index (χ1v) is 7.04. The number of nitrogen functional groups attached to an aromatic ring is 1. The first-order chi connectivity index (χ1) is 9.62. The van der Waals surface area contributed by atoms with Crippen molar-refractivity contribution >= 4 is 11.7 Å². The average Bonchev–Trinajstić information content (AvgIpc) is 2.45. The lowest BCUT2D eigenvalue weighted by Gasteiger charge is -2.18. The lowest BCUT2D eigenvalue weighted by molar-refractivity contribution is 0.0527. The third-order valence-electron chi connectivity index (χ3n) is 3.09. The lowest BCUT2D eigenvalue weighted by Crippen LogP contribution is -2.27. The first kappa shape index (κ1) is 16.3. The summed E-state index contributed by atoms with van der Waals surface area (Å²) in [5.41, 5.74) is 6.53. The number of hydrogen-bond acceptors (Lipinski definition) is 5. The van der Waals surface area contributed by atoms with Gasteiger partial charge in [0, 0.05) is 12.2 Å². The van der Waals surface area contributed by atoms with E-state index >= 15 is 0 Å². The van der Waals surface area contributed by atoms with Gasteiger partial charge in [-0.05, 0) is 38.2 Å². The molecule has 0 saturated heterocycles. The van der Waals surface area contributed by atoms with Crippen molar-refractivity contribution in [2.45, 2.75) is 20.8 Å². The van der Waals surface area contributed by atoms with E-state index in [1.54, 1.807) is 25.1 Å². The summed E-state index contributed by atoms with van der Waals surface area (Å²) in [4.78, 5) is 14.0. The normalized spacial score (nSPS) is 10.6. The largest absolute Gasteiger partial charge is 0.492 e. The van der Waals surface area contributed by atoms with Crippen molar-refractivity contribution in [3.63, 3.8) is 0 Å². The Morgan fingerprint density at radius 1 is 1.25 bits per heavy atom. The highest BCUT2D eigenvalue weighted by Crippen LogP contribution is 2.20. The van der Waals surface area contributed by atoms with Crippen LogP contribution in [0.1, 0.15) is 31.1 Å². The molecule has 0 aliphatic rings. The van der Waals surface area contributed by atoms with Crippen molar-refractivity contribution in [2.24, 2.45) is 0 Å². The predicted octanol–water partition coefficient (Wildman–Crippen LogP) is 2.17. The van der Waals surface area contributed by atoms with E-state index in [1.807, 2.05) is 0 Å². The Morgan fingerprint density at radius 3 is 2.55 bits per heavy atom. The number of nitrogens with two attached hydrogens (primary N) is 1. The second kappa shape index (κ2) is 8.43. The van der Waals surface area contributed by atoms with Crippen LogP contribution in [0.3, 0.4) is 0 Å². The quantitative estimate of drug-likeness (QED) is 0.584. The molecule has 0 aliphatic carbocycles. The molecule has 0 aromatic heterocycles. The SMILES string of the molecule is CCOC(=O)c1cc(OCCN(CC)CC)ccc1N. The zero-order chi connectivity index (χ0) is 15.0. The Morgan fingerprint density at radius 2 is 1.95 bits per heavy atom. The van der Waals surface area contributed by atoms with Crippen molar-refractivity contribution < 1.29 is 14.3 Å². The fourth-order valence-corrected chi connectivity index (χ4v) is 1.84. The fourth-order valence-electron chi connectivity index (χ4n) is 1.84. The van der Waals surface area contributed by atoms with E-state index in [2.05, 4.69) is 18.7 Å². The molecule has 1 aromatic rings. The number of esters is 1. The molecular formula is C15H24N2O3. The van der Waals surface area contributed by atoms with Crippen LogP contribution in [0.25, 0.3) is 0 Å². The fraction of sp³-hybridized carbons (Fsp3) is 0.533. The smallest absolute Gasteiger partial charge is 0.340 e. The van der Waals surface area contributed by atoms with E-state index in [0.717, 1.165) is 19.6 Å². The van der Waals surface area contributed by atoms with Crippen LogP contribution in [0.4, 0.5) is 5.69 Å². The van der Waals surface area contributed by atoms with Gasteiger partial charge in [0.1, 0.15) is 12.4 Å². The molecule has 2 N–H and O–H groups in total. The molecule has 1 aromatic carbocycles. The molecule has 112 valence electrons. The van der Waals surface area contributed by atoms with Crippen LogP contribution >= 0.6 is 0 Å². The van der Waals surface area contributed by atoms with Crippen molar-refractivity contribution in [1.29, 1.82) is 0 Å². The van der Waals surface area contributed by atoms with Crippen LogP contribution in [0.2, 0.25) is 0 Å². The third-order valence-corrected chi connectivity index (χ3v) is 3.09. The van der Waals surface area contributed by atoms with E-state index in [0.29, 0.717) is 30.2 Å². The van der Waals surface area contributed by atoms with E-state index in [1.165, 1.54) is 0 Å². The average molecular weight is 280 g/mol. The molecule has 0 spiro atoms. The number of benzene rings is 1. The van der Waals surface area contributed by atoms with E-state index in [-0.39, 0.29) is 0 Å². The van der Waals surface area contributed by atoms with Crippen molar-refractivity contribution in [3.8, 4) is 5.75 Å². The topological polar surface area (TPSA) is 64.8 Å². The van der Waals surface area contributed by atoms with Gasteiger partial charge in [0.05, 0.1) is 12.2 Å². The van der Waals surface area contributed by atoms with Crippen molar-refractivity contribution in [2.75, 3.05) is 38.6 Å². The van der Waals surface area contributed by atoms with E-state index in [9.17, 15) is 4.79 Å². The van der Waals surface area contributed by atoms with Crippen LogP contribution in [-0.4, -0.2) is 43.7 Å². The van der Waals surface area contributed by atoms with Crippen LogP contribution in [0.15, 0.2) is 18.2 Å². The Labute approximate surface area is 120 Å². The molecule has 0 bridgehead atoms. The van der Waals surface area contributed by atoms with Crippen LogP contribution in [0, 0.1) is 0 Å². The highest BCUT2D eigenvalue weighted by molar-refractivity contribution is 5.95. The maximum absolute atomic E-state index is 11.7. The summed E-state index contributed by atoms with van der Waals surface area (Å²) < 4.78 is 10.6. The van der Waals surface area contributed by atoms with Crippen LogP contribution in [-0.2, 0) is 4.74 Å². The maximum Gasteiger partial charge on any atom is 0.340 e. The Kier molecular flexibility index (Phi) is 6.87. The second-order valence-electron chi connectivity index (χ2n) is 4.34. The predicted molar refractivity (Wildman–Crippen MR) is 80.1 cm³/mol. The number of hydrogen-bond donors (Lipinski definition) is 1. The standard InChI is InChI=1S/C15H24N2O3/c1-4-17(5-2)9-10-20-12-7-8-14(16)13(11-12)15(18)19-6-3/h7-8,11H,4-6,9-10,16H2,1-3H3. The molecular weight excluding hydrogens is 256 g/mol. The third kappa shape index (κ3) is 4.74. The highest BCUT2D eigenvalue weighted by atomic mass is 16.5. The first-order valence-electron chi connectivity index (χ1n) is 7.04. The van der Waals surface area contributed by atoms with E-state index in [4.69, 9.17) is 15.2 Å². The summed E-state index contributed by atoms with van der Waals surface area (Å²) in [7, 11) is 0. The summed E-state index contributed by atoms with van der Waals surface area (Å²) in [5, 5.41) is 0. The van der Waals surface area contributed by atoms with Gasteiger partial charge < -0.3 is 20.1 Å². The maximum atomic E-state index is 11.7. The molecule has 1 rings (SSSR count). The van der Waals surface area contributed by atoms with Gasteiger partial charge in [-0.3, -0.25) is 0 Å². The van der Waals surface area contributed by atoms with Gasteiger partial charge in [0.15, 0.2) is 0 Å². The van der Waals surface area contributed by atoms with Gasteiger partial charge in [-0.25, -0.2) is 4.79 Å². The van der Waals surface area contributed by atoms with Gasteiger partial charge in [0.2, 0.25) is 0 Å². The minimum atomic E-state index is -0.417. The lowest BCUT2D eigenvalue weighted by atomic mass is 10.2. The Hall–Kier alpha value is -1.75. The summed E-state index contributed by atoms with van der Waals surface area (Å²) >= 11 is 0. The van der Waals surface area contributed by atoms with Gasteiger partial charge in [0.25, 0.3) is 0 Å². The zero-order valence-corrected chi connectivity index (χ0v) is 12.5. The molecule has 0 fully saturated rings. The van der Waals surface area contributed by atoms with Gasteiger partial charge in [-0.2, -0.15) is 0 Å². The molecule has 0 amide bonds. The number of carbonyl (C=O) groups is 1. The zero-order valence-electron chi connectivity index (χ0n) is 12.5. The number of anilines is 1. The number of ether oxygens (including phenoxy) is 2. The monoisotopic (exact) mass is 280 g/mol.